The number of hydrogen-bond donors (Lipinski definition) is 2. The molecule has 1 aromatic carbocycles. The summed E-state index contributed by atoms with van der Waals surface area (Å²) < 4.78 is 6.31. The zero-order valence-electron chi connectivity index (χ0n) is 13.0. The number of nitrogens with one attached hydrogen (secondary N) is 2. The summed E-state index contributed by atoms with van der Waals surface area (Å²) in [5, 5.41) is 6.02. The summed E-state index contributed by atoms with van der Waals surface area (Å²) in [5.74, 6) is 0.348. The molecule has 0 unspecified atom stereocenters. The first-order chi connectivity index (χ1) is 11.3. The smallest absolute Gasteiger partial charge is 0.257 e. The van der Waals surface area contributed by atoms with Gasteiger partial charge in [-0.15, -0.1) is 0 Å². The lowest BCUT2D eigenvalue weighted by Crippen LogP contribution is -2.34. The molecule has 0 fully saturated rings. The highest BCUT2D eigenvalue weighted by atomic mass is 79.9. The van der Waals surface area contributed by atoms with Gasteiger partial charge in [0.25, 0.3) is 5.91 Å². The predicted octanol–water partition coefficient (Wildman–Crippen LogP) is 4.41. The van der Waals surface area contributed by atoms with Crippen molar-refractivity contribution >= 4 is 56.5 Å². The van der Waals surface area contributed by atoms with Gasteiger partial charge in [-0.05, 0) is 72.3 Å². The average Bonchev–Trinajstić information content (AvgIpc) is 2.51. The summed E-state index contributed by atoms with van der Waals surface area (Å²) in [6.45, 7) is 3.87. The number of benzene rings is 1. The van der Waals surface area contributed by atoms with Crippen molar-refractivity contribution < 1.29 is 9.53 Å². The molecule has 1 heterocycles. The van der Waals surface area contributed by atoms with Crippen molar-refractivity contribution in [3.63, 3.8) is 0 Å². The fourth-order valence-corrected chi connectivity index (χ4v) is 2.57. The molecule has 2 aromatic rings. The number of pyridine rings is 1. The Kier molecular flexibility index (Phi) is 6.53. The molecule has 1 amide bonds. The number of thiocarbonyl (C=S) groups is 1. The highest BCUT2D eigenvalue weighted by molar-refractivity contribution is 9.10. The molecule has 126 valence electrons. The quantitative estimate of drug-likeness (QED) is 0.558. The topological polar surface area (TPSA) is 63.2 Å². The van der Waals surface area contributed by atoms with Crippen LogP contribution in [0.5, 0.6) is 5.75 Å². The van der Waals surface area contributed by atoms with Crippen molar-refractivity contribution in [1.29, 1.82) is 0 Å². The van der Waals surface area contributed by atoms with E-state index < -0.39 is 0 Å². The van der Waals surface area contributed by atoms with Gasteiger partial charge in [0.2, 0.25) is 0 Å². The number of ether oxygens (including phenoxy) is 1. The highest BCUT2D eigenvalue weighted by Gasteiger charge is 2.11. The Morgan fingerprint density at radius 1 is 1.33 bits per heavy atom. The van der Waals surface area contributed by atoms with Crippen molar-refractivity contribution in [1.82, 2.24) is 10.3 Å². The fraction of sp³-hybridized carbons (Fsp3) is 0.188. The maximum Gasteiger partial charge on any atom is 0.257 e. The van der Waals surface area contributed by atoms with Crippen LogP contribution in [0.25, 0.3) is 0 Å². The molecule has 0 saturated heterocycles. The van der Waals surface area contributed by atoms with E-state index in [1.165, 1.54) is 6.20 Å². The van der Waals surface area contributed by atoms with Crippen LogP contribution in [0.15, 0.2) is 41.0 Å². The standard InChI is InChI=1S/C16H15BrClN3O2S/c1-9(2)23-13-5-3-10(7-12(13)17)15(22)21-16(24)20-11-4-6-14(18)19-8-11/h3-9H,1-2H3,(H2,20,21,22,24). The van der Waals surface area contributed by atoms with Crippen LogP contribution in [0.4, 0.5) is 5.69 Å². The van der Waals surface area contributed by atoms with Gasteiger partial charge < -0.3 is 10.1 Å². The second-order valence-electron chi connectivity index (χ2n) is 5.09. The molecule has 2 rings (SSSR count). The van der Waals surface area contributed by atoms with Crippen molar-refractivity contribution in [2.24, 2.45) is 0 Å². The highest BCUT2D eigenvalue weighted by Crippen LogP contribution is 2.27. The minimum atomic E-state index is -0.328. The van der Waals surface area contributed by atoms with E-state index in [9.17, 15) is 4.79 Å². The second-order valence-corrected chi connectivity index (χ2v) is 6.74. The number of halogens is 2. The number of aromatic nitrogens is 1. The SMILES string of the molecule is CC(C)Oc1ccc(C(=O)NC(=S)Nc2ccc(Cl)nc2)cc1Br. The zero-order valence-corrected chi connectivity index (χ0v) is 16.1. The molecule has 0 aliphatic rings. The Morgan fingerprint density at radius 2 is 2.08 bits per heavy atom. The number of carbonyl (C=O) groups is 1. The third kappa shape index (κ3) is 5.43. The van der Waals surface area contributed by atoms with Crippen LogP contribution in [-0.4, -0.2) is 22.1 Å². The van der Waals surface area contributed by atoms with E-state index in [0.29, 0.717) is 26.6 Å². The fourth-order valence-electron chi connectivity index (χ4n) is 1.78. The van der Waals surface area contributed by atoms with Gasteiger partial charge >= 0.3 is 0 Å². The van der Waals surface area contributed by atoms with Crippen LogP contribution in [0.1, 0.15) is 24.2 Å². The molecule has 2 N–H and O–H groups in total. The molecule has 5 nitrogen and oxygen atoms in total. The van der Waals surface area contributed by atoms with Crippen LogP contribution in [0, 0.1) is 0 Å². The Labute approximate surface area is 158 Å². The third-order valence-corrected chi connectivity index (χ3v) is 3.82. The Balaban J connectivity index is 1.99. The first-order valence-corrected chi connectivity index (χ1v) is 8.63. The molecule has 24 heavy (non-hydrogen) atoms. The molecule has 1 aromatic heterocycles. The minimum absolute atomic E-state index is 0.0470. The van der Waals surface area contributed by atoms with Crippen molar-refractivity contribution in [3.05, 3.63) is 51.7 Å². The van der Waals surface area contributed by atoms with Gasteiger partial charge in [-0.25, -0.2) is 4.98 Å². The van der Waals surface area contributed by atoms with E-state index in [0.717, 1.165) is 0 Å². The molecule has 0 bridgehead atoms. The molecule has 0 spiro atoms. The first-order valence-electron chi connectivity index (χ1n) is 7.05. The van der Waals surface area contributed by atoms with Crippen LogP contribution in [0.3, 0.4) is 0 Å². The Morgan fingerprint density at radius 3 is 2.67 bits per heavy atom. The Hall–Kier alpha value is -1.70. The second kappa shape index (κ2) is 8.41. The maximum atomic E-state index is 12.2. The normalized spacial score (nSPS) is 10.4. The molecule has 0 aliphatic carbocycles. The Bertz CT molecular complexity index is 753. The van der Waals surface area contributed by atoms with Crippen LogP contribution < -0.4 is 15.4 Å². The van der Waals surface area contributed by atoms with Gasteiger partial charge in [-0.2, -0.15) is 0 Å². The summed E-state index contributed by atoms with van der Waals surface area (Å²) in [7, 11) is 0. The predicted molar refractivity (Wildman–Crippen MR) is 103 cm³/mol. The molecule has 0 radical (unpaired) electrons. The summed E-state index contributed by atoms with van der Waals surface area (Å²) in [4.78, 5) is 16.2. The molecular formula is C16H15BrClN3O2S. The zero-order chi connectivity index (χ0) is 17.7. The van der Waals surface area contributed by atoms with Crippen molar-refractivity contribution in [2.75, 3.05) is 5.32 Å². The molecule has 8 heteroatoms. The largest absolute Gasteiger partial charge is 0.490 e. The summed E-state index contributed by atoms with van der Waals surface area (Å²) >= 11 is 14.2. The van der Waals surface area contributed by atoms with Gasteiger partial charge in [0.1, 0.15) is 10.9 Å². The maximum absolute atomic E-state index is 12.2. The van der Waals surface area contributed by atoms with Gasteiger partial charge in [0.15, 0.2) is 5.11 Å². The number of nitrogens with zero attached hydrogens (tertiary/aromatic N) is 1. The van der Waals surface area contributed by atoms with Gasteiger partial charge in [-0.3, -0.25) is 10.1 Å². The monoisotopic (exact) mass is 427 g/mol. The number of hydrogen-bond acceptors (Lipinski definition) is 4. The van der Waals surface area contributed by atoms with E-state index >= 15 is 0 Å². The number of rotatable bonds is 4. The lowest BCUT2D eigenvalue weighted by Gasteiger charge is -2.13. The lowest BCUT2D eigenvalue weighted by atomic mass is 10.2. The lowest BCUT2D eigenvalue weighted by molar-refractivity contribution is 0.0977. The summed E-state index contributed by atoms with van der Waals surface area (Å²) in [6, 6.07) is 8.42. The van der Waals surface area contributed by atoms with E-state index in [1.807, 2.05) is 13.8 Å². The molecule has 0 saturated carbocycles. The van der Waals surface area contributed by atoms with E-state index in [2.05, 4.69) is 31.5 Å². The van der Waals surface area contributed by atoms with E-state index in [4.69, 9.17) is 28.6 Å². The molecular weight excluding hydrogens is 414 g/mol. The van der Waals surface area contributed by atoms with Crippen molar-refractivity contribution in [3.8, 4) is 5.75 Å². The molecule has 0 atom stereocenters. The van der Waals surface area contributed by atoms with Gasteiger partial charge in [-0.1, -0.05) is 11.6 Å². The number of carbonyl (C=O) groups excluding carboxylic acids is 1. The minimum Gasteiger partial charge on any atom is -0.490 e. The molecule has 0 aliphatic heterocycles. The number of amides is 1. The van der Waals surface area contributed by atoms with Crippen LogP contribution >= 0.6 is 39.7 Å². The van der Waals surface area contributed by atoms with Gasteiger partial charge in [0.05, 0.1) is 22.5 Å². The van der Waals surface area contributed by atoms with Crippen molar-refractivity contribution in [2.45, 2.75) is 20.0 Å². The van der Waals surface area contributed by atoms with Crippen LogP contribution in [-0.2, 0) is 0 Å². The summed E-state index contributed by atoms with van der Waals surface area (Å²) in [5.41, 5.74) is 1.09. The van der Waals surface area contributed by atoms with E-state index in [-0.39, 0.29) is 17.1 Å². The van der Waals surface area contributed by atoms with Gasteiger partial charge in [0, 0.05) is 5.56 Å². The van der Waals surface area contributed by atoms with E-state index in [1.54, 1.807) is 30.3 Å². The van der Waals surface area contributed by atoms with Crippen LogP contribution in [0.2, 0.25) is 5.15 Å². The average molecular weight is 429 g/mol. The number of anilines is 1. The first kappa shape index (κ1) is 18.6. The third-order valence-electron chi connectivity index (χ3n) is 2.77. The summed E-state index contributed by atoms with van der Waals surface area (Å²) in [6.07, 6.45) is 1.57.